The van der Waals surface area contributed by atoms with Gasteiger partial charge in [0.05, 0.1) is 0 Å². The Labute approximate surface area is 152 Å². The minimum Gasteiger partial charge on any atom is -0.338 e. The van der Waals surface area contributed by atoms with Gasteiger partial charge < -0.3 is 4.90 Å². The van der Waals surface area contributed by atoms with Crippen LogP contribution in [-0.2, 0) is 5.41 Å². The number of carbonyl (C=O) groups excluding carboxylic acids is 1. The third-order valence-corrected chi connectivity index (χ3v) is 5.13. The Bertz CT molecular complexity index is 894. The van der Waals surface area contributed by atoms with Gasteiger partial charge in [-0.15, -0.1) is 10.2 Å². The van der Waals surface area contributed by atoms with Crippen LogP contribution < -0.4 is 0 Å². The van der Waals surface area contributed by atoms with Crippen molar-refractivity contribution in [2.24, 2.45) is 0 Å². The number of aromatic nitrogens is 4. The number of hydrogen-bond donors (Lipinski definition) is 0. The molecule has 3 heterocycles. The first kappa shape index (κ1) is 16.4. The number of nitrogens with zero attached hydrogens (tertiary/aromatic N) is 5. The van der Waals surface area contributed by atoms with Crippen LogP contribution in [0.5, 0.6) is 0 Å². The van der Waals surface area contributed by atoms with Gasteiger partial charge in [-0.05, 0) is 30.5 Å². The molecule has 0 unspecified atom stereocenters. The maximum atomic E-state index is 13.1. The van der Waals surface area contributed by atoms with Gasteiger partial charge in [-0.25, -0.2) is 4.98 Å². The molecule has 1 fully saturated rings. The molecule has 0 bridgehead atoms. The molecule has 4 rings (SSSR count). The molecule has 26 heavy (non-hydrogen) atoms. The Morgan fingerprint density at radius 3 is 2.65 bits per heavy atom. The fourth-order valence-corrected chi connectivity index (χ4v) is 3.68. The summed E-state index contributed by atoms with van der Waals surface area (Å²) in [5.74, 6) is 0.687. The molecule has 1 atom stereocenters. The molecule has 6 heteroatoms. The Balaban J connectivity index is 1.58. The predicted octanol–water partition coefficient (Wildman–Crippen LogP) is 2.86. The van der Waals surface area contributed by atoms with E-state index >= 15 is 0 Å². The summed E-state index contributed by atoms with van der Waals surface area (Å²) < 4.78 is 1.70. The lowest BCUT2D eigenvalue weighted by Gasteiger charge is -2.41. The lowest BCUT2D eigenvalue weighted by atomic mass is 9.76. The highest BCUT2D eigenvalue weighted by Crippen LogP contribution is 2.34. The quantitative estimate of drug-likeness (QED) is 0.731. The van der Waals surface area contributed by atoms with Crippen LogP contribution in [0.1, 0.15) is 35.7 Å². The zero-order valence-corrected chi connectivity index (χ0v) is 14.7. The molecule has 132 valence electrons. The summed E-state index contributed by atoms with van der Waals surface area (Å²) in [5.41, 5.74) is 1.91. The van der Waals surface area contributed by atoms with E-state index in [0.717, 1.165) is 25.9 Å². The first-order chi connectivity index (χ1) is 12.7. The average Bonchev–Trinajstić information content (AvgIpc) is 3.23. The lowest BCUT2D eigenvalue weighted by Crippen LogP contribution is -2.47. The van der Waals surface area contributed by atoms with Gasteiger partial charge in [-0.3, -0.25) is 9.36 Å². The molecule has 1 aromatic carbocycles. The van der Waals surface area contributed by atoms with E-state index in [1.165, 1.54) is 5.56 Å². The third-order valence-electron chi connectivity index (χ3n) is 5.13. The van der Waals surface area contributed by atoms with Crippen molar-refractivity contribution in [3.63, 3.8) is 0 Å². The van der Waals surface area contributed by atoms with Crippen molar-refractivity contribution in [2.45, 2.75) is 25.2 Å². The SMILES string of the molecule is C[C@]1(c2ccccc2)CCCN(C(=O)c2ccnc(-n3cnnc3)c2)C1. The molecule has 0 radical (unpaired) electrons. The normalized spacial score (nSPS) is 20.1. The van der Waals surface area contributed by atoms with Crippen molar-refractivity contribution in [3.8, 4) is 5.82 Å². The Morgan fingerprint density at radius 2 is 1.88 bits per heavy atom. The monoisotopic (exact) mass is 347 g/mol. The molecule has 2 aromatic heterocycles. The average molecular weight is 347 g/mol. The Morgan fingerprint density at radius 1 is 1.12 bits per heavy atom. The molecule has 0 saturated carbocycles. The first-order valence-electron chi connectivity index (χ1n) is 8.82. The maximum Gasteiger partial charge on any atom is 0.254 e. The van der Waals surface area contributed by atoms with Crippen LogP contribution in [0.25, 0.3) is 5.82 Å². The van der Waals surface area contributed by atoms with E-state index in [-0.39, 0.29) is 11.3 Å². The molecule has 0 spiro atoms. The summed E-state index contributed by atoms with van der Waals surface area (Å²) in [6.45, 7) is 3.75. The van der Waals surface area contributed by atoms with Crippen molar-refractivity contribution < 1.29 is 4.79 Å². The first-order valence-corrected chi connectivity index (χ1v) is 8.82. The van der Waals surface area contributed by atoms with Gasteiger partial charge >= 0.3 is 0 Å². The largest absolute Gasteiger partial charge is 0.338 e. The van der Waals surface area contributed by atoms with Gasteiger partial charge in [0.25, 0.3) is 5.91 Å². The zero-order chi connectivity index (χ0) is 18.0. The number of likely N-dealkylation sites (tertiary alicyclic amines) is 1. The second-order valence-electron chi connectivity index (χ2n) is 7.03. The van der Waals surface area contributed by atoms with Gasteiger partial charge in [-0.1, -0.05) is 37.3 Å². The summed E-state index contributed by atoms with van der Waals surface area (Å²) in [7, 11) is 0. The topological polar surface area (TPSA) is 63.9 Å². The molecule has 1 saturated heterocycles. The summed E-state index contributed by atoms with van der Waals surface area (Å²) >= 11 is 0. The molecular weight excluding hydrogens is 326 g/mol. The fraction of sp³-hybridized carbons (Fsp3) is 0.300. The number of rotatable bonds is 3. The smallest absolute Gasteiger partial charge is 0.254 e. The van der Waals surface area contributed by atoms with Crippen molar-refractivity contribution >= 4 is 5.91 Å². The van der Waals surface area contributed by atoms with E-state index in [4.69, 9.17) is 0 Å². The molecule has 1 aliphatic heterocycles. The summed E-state index contributed by atoms with van der Waals surface area (Å²) in [6.07, 6.45) is 6.89. The predicted molar refractivity (Wildman–Crippen MR) is 98.1 cm³/mol. The van der Waals surface area contributed by atoms with Crippen molar-refractivity contribution in [1.29, 1.82) is 0 Å². The van der Waals surface area contributed by atoms with E-state index in [0.29, 0.717) is 11.4 Å². The second-order valence-corrected chi connectivity index (χ2v) is 7.03. The van der Waals surface area contributed by atoms with E-state index in [2.05, 4.69) is 46.4 Å². The maximum absolute atomic E-state index is 13.1. The molecule has 1 aliphatic rings. The second kappa shape index (κ2) is 6.71. The van der Waals surface area contributed by atoms with Crippen molar-refractivity contribution in [3.05, 3.63) is 72.4 Å². The van der Waals surface area contributed by atoms with Gasteiger partial charge in [0.2, 0.25) is 0 Å². The third kappa shape index (κ3) is 3.10. The Hall–Kier alpha value is -3.02. The van der Waals surface area contributed by atoms with Gasteiger partial charge in [0.1, 0.15) is 18.5 Å². The molecule has 0 aliphatic carbocycles. The molecule has 3 aromatic rings. The minimum atomic E-state index is -0.0146. The van der Waals surface area contributed by atoms with Crippen LogP contribution in [0.15, 0.2) is 61.3 Å². The number of hydrogen-bond acceptors (Lipinski definition) is 4. The van der Waals surface area contributed by atoms with Crippen molar-refractivity contribution in [2.75, 3.05) is 13.1 Å². The molecule has 0 N–H and O–H groups in total. The molecule has 6 nitrogen and oxygen atoms in total. The Kier molecular flexibility index (Phi) is 4.24. The minimum absolute atomic E-state index is 0.0146. The number of piperidine rings is 1. The van der Waals surface area contributed by atoms with Crippen LogP contribution in [0.2, 0.25) is 0 Å². The number of carbonyl (C=O) groups is 1. The standard InChI is InChI=1S/C20H21N5O/c1-20(17-6-3-2-4-7-17)9-5-11-24(13-20)19(26)16-8-10-21-18(12-16)25-14-22-23-15-25/h2-4,6-8,10,12,14-15H,5,9,11,13H2,1H3/t20-/m0/s1. The van der Waals surface area contributed by atoms with E-state index in [1.54, 1.807) is 35.6 Å². The highest BCUT2D eigenvalue weighted by Gasteiger charge is 2.34. The van der Waals surface area contributed by atoms with E-state index < -0.39 is 0 Å². The van der Waals surface area contributed by atoms with Gasteiger partial charge in [-0.2, -0.15) is 0 Å². The number of pyridine rings is 1. The van der Waals surface area contributed by atoms with Crippen LogP contribution in [0.4, 0.5) is 0 Å². The van der Waals surface area contributed by atoms with E-state index in [1.807, 2.05) is 11.0 Å². The van der Waals surface area contributed by atoms with Gasteiger partial charge in [0.15, 0.2) is 0 Å². The molecular formula is C20H21N5O. The van der Waals surface area contributed by atoms with Crippen LogP contribution >= 0.6 is 0 Å². The highest BCUT2D eigenvalue weighted by atomic mass is 16.2. The van der Waals surface area contributed by atoms with E-state index in [9.17, 15) is 4.79 Å². The van der Waals surface area contributed by atoms with Crippen LogP contribution in [-0.4, -0.2) is 43.6 Å². The number of amides is 1. The lowest BCUT2D eigenvalue weighted by molar-refractivity contribution is 0.0651. The zero-order valence-electron chi connectivity index (χ0n) is 14.7. The summed E-state index contributed by atoms with van der Waals surface area (Å²) in [5, 5.41) is 7.59. The number of benzene rings is 1. The highest BCUT2D eigenvalue weighted by molar-refractivity contribution is 5.94. The van der Waals surface area contributed by atoms with Gasteiger partial charge in [0, 0.05) is 30.3 Å². The molecule has 1 amide bonds. The van der Waals surface area contributed by atoms with Crippen molar-refractivity contribution in [1.82, 2.24) is 24.6 Å². The fourth-order valence-electron chi connectivity index (χ4n) is 3.68. The summed E-state index contributed by atoms with van der Waals surface area (Å²) in [4.78, 5) is 19.4. The van der Waals surface area contributed by atoms with Crippen LogP contribution in [0, 0.1) is 0 Å². The van der Waals surface area contributed by atoms with Crippen LogP contribution in [0.3, 0.4) is 0 Å². The summed E-state index contributed by atoms with van der Waals surface area (Å²) in [6, 6.07) is 14.0.